The van der Waals surface area contributed by atoms with Gasteiger partial charge in [0.15, 0.2) is 0 Å². The molecule has 1 aliphatic carbocycles. The molecule has 10 aromatic rings. The predicted octanol–water partition coefficient (Wildman–Crippen LogP) is 12.4. The van der Waals surface area contributed by atoms with E-state index in [-0.39, 0.29) is 0 Å². The fourth-order valence-corrected chi connectivity index (χ4v) is 8.65. The molecule has 0 spiro atoms. The summed E-state index contributed by atoms with van der Waals surface area (Å²) in [6.45, 7) is 0. The van der Waals surface area contributed by atoms with Crippen LogP contribution in [-0.2, 0) is 5.41 Å². The molecule has 0 N–H and O–H groups in total. The van der Waals surface area contributed by atoms with Crippen molar-refractivity contribution in [1.82, 2.24) is 9.97 Å². The van der Waals surface area contributed by atoms with Crippen LogP contribution in [0.5, 0.6) is 0 Å². The second-order valence-corrected chi connectivity index (χ2v) is 13.7. The van der Waals surface area contributed by atoms with Gasteiger partial charge in [0, 0.05) is 27.3 Å². The topological polar surface area (TPSA) is 38.9 Å². The maximum Gasteiger partial charge on any atom is 0.135 e. The molecule has 2 aromatic heterocycles. The number of para-hydroxylation sites is 1. The van der Waals surface area contributed by atoms with E-state index in [1.165, 1.54) is 33.4 Å². The Labute approximate surface area is 300 Å². The highest BCUT2D eigenvalue weighted by Crippen LogP contribution is 2.56. The minimum atomic E-state index is -0.550. The summed E-state index contributed by atoms with van der Waals surface area (Å²) in [6, 6.07) is 64.9. The molecule has 0 bridgehead atoms. The van der Waals surface area contributed by atoms with Crippen molar-refractivity contribution in [2.24, 2.45) is 0 Å². The Kier molecular flexibility index (Phi) is 6.17. The van der Waals surface area contributed by atoms with Crippen molar-refractivity contribution in [3.63, 3.8) is 0 Å². The largest absolute Gasteiger partial charge is 0.456 e. The van der Waals surface area contributed by atoms with Crippen molar-refractivity contribution >= 4 is 43.7 Å². The summed E-state index contributed by atoms with van der Waals surface area (Å²) >= 11 is 0. The van der Waals surface area contributed by atoms with Gasteiger partial charge in [0.1, 0.15) is 11.2 Å². The average Bonchev–Trinajstić information content (AvgIpc) is 3.74. The van der Waals surface area contributed by atoms with Gasteiger partial charge in [-0.25, -0.2) is 9.97 Å². The van der Waals surface area contributed by atoms with E-state index < -0.39 is 5.41 Å². The molecule has 3 nitrogen and oxygen atoms in total. The molecule has 52 heavy (non-hydrogen) atoms. The van der Waals surface area contributed by atoms with E-state index in [4.69, 9.17) is 14.4 Å². The smallest absolute Gasteiger partial charge is 0.135 e. The van der Waals surface area contributed by atoms with Crippen LogP contribution in [0.1, 0.15) is 22.3 Å². The molecule has 1 aliphatic rings. The monoisotopic (exact) mass is 662 g/mol. The average molecular weight is 663 g/mol. The van der Waals surface area contributed by atoms with Gasteiger partial charge in [-0.2, -0.15) is 0 Å². The summed E-state index contributed by atoms with van der Waals surface area (Å²) in [6.07, 6.45) is 0. The highest BCUT2D eigenvalue weighted by molar-refractivity contribution is 6.06. The van der Waals surface area contributed by atoms with Crippen LogP contribution in [0.25, 0.3) is 77.4 Å². The van der Waals surface area contributed by atoms with Crippen molar-refractivity contribution in [2.75, 3.05) is 0 Å². The number of furan rings is 1. The number of benzene rings is 8. The molecule has 2 heterocycles. The van der Waals surface area contributed by atoms with E-state index in [9.17, 15) is 0 Å². The van der Waals surface area contributed by atoms with E-state index in [0.29, 0.717) is 0 Å². The molecule has 0 atom stereocenters. The van der Waals surface area contributed by atoms with Gasteiger partial charge >= 0.3 is 0 Å². The lowest BCUT2D eigenvalue weighted by molar-refractivity contribution is 0.668. The normalized spacial score (nSPS) is 13.2. The first kappa shape index (κ1) is 28.9. The zero-order valence-electron chi connectivity index (χ0n) is 28.1. The lowest BCUT2D eigenvalue weighted by atomic mass is 9.67. The van der Waals surface area contributed by atoms with Crippen LogP contribution >= 0.6 is 0 Å². The molecule has 0 aliphatic heterocycles. The number of hydrogen-bond donors (Lipinski definition) is 0. The van der Waals surface area contributed by atoms with Crippen LogP contribution in [0.4, 0.5) is 0 Å². The van der Waals surface area contributed by atoms with Gasteiger partial charge in [-0.05, 0) is 63.0 Å². The second-order valence-electron chi connectivity index (χ2n) is 13.7. The Morgan fingerprint density at radius 2 is 1.00 bits per heavy atom. The maximum absolute atomic E-state index is 6.30. The summed E-state index contributed by atoms with van der Waals surface area (Å²) in [7, 11) is 0. The molecule has 242 valence electrons. The van der Waals surface area contributed by atoms with Crippen molar-refractivity contribution in [1.29, 1.82) is 0 Å². The standard InChI is InChI=1S/C49H30N2O/c1-2-13-32(14-3-1)46-47(51-48-36-15-5-4-12-31(36)24-28-43(48)50-46)33-22-25-34(26-23-33)49(41-19-9-6-16-37(41)38-17-7-10-20-42(38)49)35-27-29-45-40(30-35)39-18-8-11-21-44(39)52-45/h1-30H. The highest BCUT2D eigenvalue weighted by Gasteiger charge is 2.46. The maximum atomic E-state index is 6.30. The minimum Gasteiger partial charge on any atom is -0.456 e. The molecule has 0 saturated heterocycles. The number of fused-ring (bicyclic) bond motifs is 9. The van der Waals surface area contributed by atoms with Gasteiger partial charge < -0.3 is 4.42 Å². The number of nitrogens with zero attached hydrogens (tertiary/aromatic N) is 2. The van der Waals surface area contributed by atoms with E-state index in [1.807, 2.05) is 18.2 Å². The van der Waals surface area contributed by atoms with Crippen molar-refractivity contribution in [2.45, 2.75) is 5.41 Å². The Morgan fingerprint density at radius 3 is 1.79 bits per heavy atom. The first-order valence-electron chi connectivity index (χ1n) is 17.7. The Hall–Kier alpha value is -6.84. The van der Waals surface area contributed by atoms with Crippen LogP contribution < -0.4 is 0 Å². The number of hydrogen-bond acceptors (Lipinski definition) is 3. The third-order valence-corrected chi connectivity index (χ3v) is 11.0. The van der Waals surface area contributed by atoms with Crippen LogP contribution in [0.15, 0.2) is 186 Å². The van der Waals surface area contributed by atoms with Gasteiger partial charge in [-0.3, -0.25) is 0 Å². The van der Waals surface area contributed by atoms with Gasteiger partial charge in [-0.15, -0.1) is 0 Å². The van der Waals surface area contributed by atoms with Crippen LogP contribution in [0, 0.1) is 0 Å². The summed E-state index contributed by atoms with van der Waals surface area (Å²) in [5.41, 5.74) is 14.3. The minimum absolute atomic E-state index is 0.550. The molecule has 0 saturated carbocycles. The SMILES string of the molecule is c1ccc(-c2nc3ccc4ccccc4c3nc2-c2ccc(C3(c4ccc5oc6ccccc6c5c4)c4ccccc4-c4ccccc43)cc2)cc1. The molecular formula is C49H30N2O. The molecule has 11 rings (SSSR count). The first-order valence-corrected chi connectivity index (χ1v) is 17.7. The van der Waals surface area contributed by atoms with Crippen LogP contribution in [-0.4, -0.2) is 9.97 Å². The fraction of sp³-hybridized carbons (Fsp3) is 0.0204. The van der Waals surface area contributed by atoms with Gasteiger partial charge in [0.2, 0.25) is 0 Å². The summed E-state index contributed by atoms with van der Waals surface area (Å²) in [4.78, 5) is 10.7. The van der Waals surface area contributed by atoms with Gasteiger partial charge in [0.05, 0.1) is 27.8 Å². The molecular weight excluding hydrogens is 633 g/mol. The Balaban J connectivity index is 1.17. The van der Waals surface area contributed by atoms with E-state index in [1.54, 1.807) is 0 Å². The number of aromatic nitrogens is 2. The summed E-state index contributed by atoms with van der Waals surface area (Å²) in [5.74, 6) is 0. The van der Waals surface area contributed by atoms with Gasteiger partial charge in [-0.1, -0.05) is 158 Å². The van der Waals surface area contributed by atoms with E-state index in [0.717, 1.165) is 66.3 Å². The molecule has 8 aromatic carbocycles. The zero-order valence-corrected chi connectivity index (χ0v) is 28.1. The molecule has 3 heteroatoms. The molecule has 0 radical (unpaired) electrons. The second kappa shape index (κ2) is 11.1. The Bertz CT molecular complexity index is 2970. The molecule has 0 amide bonds. The third kappa shape index (κ3) is 4.08. The number of rotatable bonds is 4. The van der Waals surface area contributed by atoms with Gasteiger partial charge in [0.25, 0.3) is 0 Å². The predicted molar refractivity (Wildman–Crippen MR) is 212 cm³/mol. The van der Waals surface area contributed by atoms with E-state index in [2.05, 4.69) is 164 Å². The zero-order chi connectivity index (χ0) is 34.2. The highest BCUT2D eigenvalue weighted by atomic mass is 16.3. The first-order chi connectivity index (χ1) is 25.8. The van der Waals surface area contributed by atoms with E-state index >= 15 is 0 Å². The quantitative estimate of drug-likeness (QED) is 0.176. The van der Waals surface area contributed by atoms with Crippen molar-refractivity contribution in [3.05, 3.63) is 204 Å². The lowest BCUT2D eigenvalue weighted by Gasteiger charge is -2.34. The Morgan fingerprint density at radius 1 is 0.404 bits per heavy atom. The van der Waals surface area contributed by atoms with Crippen molar-refractivity contribution in [3.8, 4) is 33.6 Å². The van der Waals surface area contributed by atoms with Crippen LogP contribution in [0.2, 0.25) is 0 Å². The van der Waals surface area contributed by atoms with Crippen molar-refractivity contribution < 1.29 is 4.42 Å². The van der Waals surface area contributed by atoms with Crippen LogP contribution in [0.3, 0.4) is 0 Å². The summed E-state index contributed by atoms with van der Waals surface area (Å²) in [5, 5.41) is 4.50. The fourth-order valence-electron chi connectivity index (χ4n) is 8.65. The molecule has 0 fully saturated rings. The lowest BCUT2D eigenvalue weighted by Crippen LogP contribution is -2.28. The molecule has 0 unspecified atom stereocenters. The third-order valence-electron chi connectivity index (χ3n) is 11.0. The summed E-state index contributed by atoms with van der Waals surface area (Å²) < 4.78 is 6.30.